The summed E-state index contributed by atoms with van der Waals surface area (Å²) < 4.78 is 19.7. The van der Waals surface area contributed by atoms with Crippen LogP contribution in [-0.2, 0) is 19.8 Å². The van der Waals surface area contributed by atoms with Gasteiger partial charge in [-0.3, -0.25) is 0 Å². The monoisotopic (exact) mass is 560 g/mol. The summed E-state index contributed by atoms with van der Waals surface area (Å²) in [5.41, 5.74) is 2.06. The third kappa shape index (κ3) is 6.02. The average molecular weight is 562 g/mol. The molecule has 0 bridgehead atoms. The molecule has 0 amide bonds. The summed E-state index contributed by atoms with van der Waals surface area (Å²) in [6.45, 7) is 0.763. The van der Waals surface area contributed by atoms with Gasteiger partial charge in [0.25, 0.3) is 0 Å². The molecule has 164 valence electrons. The van der Waals surface area contributed by atoms with Crippen molar-refractivity contribution in [2.75, 3.05) is 0 Å². The molecule has 0 saturated carbocycles. The number of H-pyrrole nitrogens is 1. The normalized spacial score (nSPS) is 10.8. The predicted molar refractivity (Wildman–Crippen MR) is 126 cm³/mol. The summed E-state index contributed by atoms with van der Waals surface area (Å²) in [7, 11) is 0. The maximum absolute atomic E-state index is 11.8. The molecule has 7 nitrogen and oxygen atoms in total. The fourth-order valence-electron chi connectivity index (χ4n) is 3.06. The van der Waals surface area contributed by atoms with E-state index in [0.29, 0.717) is 30.3 Å². The second-order valence-corrected chi connectivity index (χ2v) is 8.83. The van der Waals surface area contributed by atoms with Crippen molar-refractivity contribution in [3.8, 4) is 11.5 Å². The summed E-state index contributed by atoms with van der Waals surface area (Å²) in [5.74, 6) is 0.332. The van der Waals surface area contributed by atoms with Gasteiger partial charge < -0.3 is 14.0 Å². The highest BCUT2D eigenvalue weighted by Gasteiger charge is 2.09. The van der Waals surface area contributed by atoms with E-state index < -0.39 is 11.4 Å². The van der Waals surface area contributed by atoms with Crippen LogP contribution in [0.15, 0.2) is 89.8 Å². The number of ether oxygens (including phenoxy) is 2. The number of halogens is 2. The van der Waals surface area contributed by atoms with Crippen molar-refractivity contribution in [2.45, 2.75) is 19.8 Å². The maximum Gasteiger partial charge on any atom is 0.440 e. The first-order valence-corrected chi connectivity index (χ1v) is 11.2. The van der Waals surface area contributed by atoms with Crippen LogP contribution < -0.4 is 20.9 Å². The fourth-order valence-corrected chi connectivity index (χ4v) is 3.95. The first kappa shape index (κ1) is 22.2. The standard InChI is InChI=1S/C23H18Br2N2O5/c24-18-5-1-3-15(7-18)13-30-20-9-17(12-27-22(28)26-23(29)32-27)10-21(11-20)31-14-16-4-2-6-19(25)8-16/h1-11H,12-14H2,(H,26,28,29). The summed E-state index contributed by atoms with van der Waals surface area (Å²) in [4.78, 5) is 25.2. The smallest absolute Gasteiger partial charge is 0.440 e. The minimum Gasteiger partial charge on any atom is -0.489 e. The van der Waals surface area contributed by atoms with E-state index in [1.807, 2.05) is 48.5 Å². The summed E-state index contributed by atoms with van der Waals surface area (Å²) in [6.07, 6.45) is 0. The number of hydrogen-bond donors (Lipinski definition) is 1. The number of aromatic nitrogens is 2. The lowest BCUT2D eigenvalue weighted by atomic mass is 10.2. The SMILES string of the molecule is O=c1[nH]c(=O)n(Cc2cc(OCc3cccc(Br)c3)cc(OCc3cccc(Br)c3)c2)o1. The third-order valence-electron chi connectivity index (χ3n) is 4.48. The number of hydrogen-bond acceptors (Lipinski definition) is 5. The van der Waals surface area contributed by atoms with Gasteiger partial charge in [-0.05, 0) is 53.1 Å². The van der Waals surface area contributed by atoms with Crippen molar-refractivity contribution in [2.24, 2.45) is 0 Å². The zero-order chi connectivity index (χ0) is 22.5. The summed E-state index contributed by atoms with van der Waals surface area (Å²) in [5, 5.41) is 0. The lowest BCUT2D eigenvalue weighted by Crippen LogP contribution is -2.17. The lowest BCUT2D eigenvalue weighted by molar-refractivity contribution is 0.256. The fraction of sp³-hybridized carbons (Fsp3) is 0.130. The minimum absolute atomic E-state index is 0.0545. The molecule has 0 spiro atoms. The zero-order valence-corrected chi connectivity index (χ0v) is 19.9. The molecule has 0 aliphatic heterocycles. The molecule has 0 aliphatic rings. The molecule has 4 rings (SSSR count). The van der Waals surface area contributed by atoms with Crippen LogP contribution >= 0.6 is 31.9 Å². The van der Waals surface area contributed by atoms with Crippen LogP contribution in [0.1, 0.15) is 16.7 Å². The topological polar surface area (TPSA) is 86.5 Å². The first-order valence-electron chi connectivity index (χ1n) is 9.63. The van der Waals surface area contributed by atoms with E-state index in [9.17, 15) is 9.59 Å². The molecule has 0 aliphatic carbocycles. The Morgan fingerprint density at radius 3 is 1.81 bits per heavy atom. The van der Waals surface area contributed by atoms with Gasteiger partial charge in [0.2, 0.25) is 0 Å². The van der Waals surface area contributed by atoms with E-state index in [4.69, 9.17) is 14.0 Å². The Hall–Kier alpha value is -3.04. The van der Waals surface area contributed by atoms with Crippen LogP contribution in [0.2, 0.25) is 0 Å². The van der Waals surface area contributed by atoms with Crippen LogP contribution in [-0.4, -0.2) is 9.72 Å². The lowest BCUT2D eigenvalue weighted by Gasteiger charge is -2.13. The Labute approximate surface area is 199 Å². The van der Waals surface area contributed by atoms with Gasteiger partial charge in [-0.2, -0.15) is 0 Å². The van der Waals surface area contributed by atoms with Crippen molar-refractivity contribution in [3.05, 3.63) is 113 Å². The highest BCUT2D eigenvalue weighted by atomic mass is 79.9. The molecular formula is C23H18Br2N2O5. The first-order chi connectivity index (χ1) is 15.4. The van der Waals surface area contributed by atoms with Crippen LogP contribution in [0.3, 0.4) is 0 Å². The van der Waals surface area contributed by atoms with Crippen molar-refractivity contribution >= 4 is 31.9 Å². The highest BCUT2D eigenvalue weighted by Crippen LogP contribution is 2.26. The summed E-state index contributed by atoms with van der Waals surface area (Å²) >= 11 is 6.91. The Balaban J connectivity index is 1.57. The van der Waals surface area contributed by atoms with E-state index in [2.05, 4.69) is 36.8 Å². The number of nitrogens with one attached hydrogen (secondary N) is 1. The molecule has 3 aromatic carbocycles. The highest BCUT2D eigenvalue weighted by molar-refractivity contribution is 9.10. The van der Waals surface area contributed by atoms with E-state index >= 15 is 0 Å². The molecule has 4 aromatic rings. The van der Waals surface area contributed by atoms with Gasteiger partial charge in [-0.1, -0.05) is 56.1 Å². The van der Waals surface area contributed by atoms with Gasteiger partial charge >= 0.3 is 11.4 Å². The molecule has 0 radical (unpaired) electrons. The van der Waals surface area contributed by atoms with Gasteiger partial charge in [0.15, 0.2) is 0 Å². The van der Waals surface area contributed by atoms with Gasteiger partial charge in [-0.15, -0.1) is 4.74 Å². The molecule has 0 fully saturated rings. The number of rotatable bonds is 8. The van der Waals surface area contributed by atoms with Crippen LogP contribution in [0.4, 0.5) is 0 Å². The van der Waals surface area contributed by atoms with Gasteiger partial charge in [0.1, 0.15) is 24.7 Å². The van der Waals surface area contributed by atoms with Gasteiger partial charge in [-0.25, -0.2) is 14.6 Å². The Morgan fingerprint density at radius 2 is 1.34 bits per heavy atom. The Bertz CT molecular complexity index is 1270. The van der Waals surface area contributed by atoms with E-state index in [1.165, 1.54) is 0 Å². The van der Waals surface area contributed by atoms with Crippen molar-refractivity contribution in [3.63, 3.8) is 0 Å². The van der Waals surface area contributed by atoms with Crippen molar-refractivity contribution in [1.29, 1.82) is 0 Å². The van der Waals surface area contributed by atoms with Crippen LogP contribution in [0.25, 0.3) is 0 Å². The van der Waals surface area contributed by atoms with Crippen molar-refractivity contribution in [1.82, 2.24) is 9.72 Å². The zero-order valence-electron chi connectivity index (χ0n) is 16.7. The molecule has 1 N–H and O–H groups in total. The molecule has 1 heterocycles. The van der Waals surface area contributed by atoms with Crippen molar-refractivity contribution < 1.29 is 14.0 Å². The summed E-state index contributed by atoms with van der Waals surface area (Å²) in [6, 6.07) is 21.0. The predicted octanol–water partition coefficient (Wildman–Crippen LogP) is 4.86. The number of benzene rings is 3. The Kier molecular flexibility index (Phi) is 6.96. The molecule has 0 saturated heterocycles. The molecular weight excluding hydrogens is 544 g/mol. The molecule has 0 atom stereocenters. The quantitative estimate of drug-likeness (QED) is 0.332. The second-order valence-electron chi connectivity index (χ2n) is 7.00. The number of aromatic amines is 1. The average Bonchev–Trinajstić information content (AvgIpc) is 3.07. The third-order valence-corrected chi connectivity index (χ3v) is 5.47. The largest absolute Gasteiger partial charge is 0.489 e. The van der Waals surface area contributed by atoms with Gasteiger partial charge in [0, 0.05) is 15.0 Å². The molecule has 0 unspecified atom stereocenters. The van der Waals surface area contributed by atoms with Gasteiger partial charge in [0.05, 0.1) is 6.54 Å². The van der Waals surface area contributed by atoms with E-state index in [1.54, 1.807) is 18.2 Å². The minimum atomic E-state index is -0.803. The maximum atomic E-state index is 11.8. The van der Waals surface area contributed by atoms with Crippen LogP contribution in [0, 0.1) is 0 Å². The Morgan fingerprint density at radius 1 is 0.781 bits per heavy atom. The van der Waals surface area contributed by atoms with E-state index in [0.717, 1.165) is 24.8 Å². The number of nitrogens with zero attached hydrogens (tertiary/aromatic N) is 1. The molecule has 9 heteroatoms. The molecule has 1 aromatic heterocycles. The van der Waals surface area contributed by atoms with Crippen LogP contribution in [0.5, 0.6) is 11.5 Å². The molecule has 32 heavy (non-hydrogen) atoms. The van der Waals surface area contributed by atoms with E-state index in [-0.39, 0.29) is 6.54 Å². The second kappa shape index (κ2) is 10.1.